The zero-order valence-electron chi connectivity index (χ0n) is 12.9. The molecule has 1 aromatic carbocycles. The minimum Gasteiger partial charge on any atom is -0.545 e. The van der Waals surface area contributed by atoms with Gasteiger partial charge in [-0.05, 0) is 31.1 Å². The van der Waals surface area contributed by atoms with Crippen molar-refractivity contribution in [1.82, 2.24) is 5.32 Å². The number of carboxylic acid groups (broad SMARTS) is 1. The summed E-state index contributed by atoms with van der Waals surface area (Å²) < 4.78 is 0. The van der Waals surface area contributed by atoms with E-state index in [1.807, 2.05) is 6.92 Å². The number of aliphatic carboxylic acids is 1. The highest BCUT2D eigenvalue weighted by atomic mass is 35.5. The summed E-state index contributed by atoms with van der Waals surface area (Å²) in [4.78, 5) is 21.4. The predicted octanol–water partition coefficient (Wildman–Crippen LogP) is 2.56. The van der Waals surface area contributed by atoms with E-state index in [4.69, 9.17) is 28.1 Å². The van der Waals surface area contributed by atoms with Crippen molar-refractivity contribution >= 4 is 29.2 Å². The number of benzene rings is 1. The topological polar surface area (TPSA) is 70.6 Å². The van der Waals surface area contributed by atoms with Gasteiger partial charge in [0.1, 0.15) is 6.61 Å². The first-order valence-electron chi connectivity index (χ1n) is 6.86. The van der Waals surface area contributed by atoms with Crippen molar-refractivity contribution in [2.75, 3.05) is 13.7 Å². The van der Waals surface area contributed by atoms with Crippen LogP contribution < -0.4 is 10.4 Å². The van der Waals surface area contributed by atoms with Gasteiger partial charge < -0.3 is 15.2 Å². The fraction of sp³-hybridized carbons (Fsp3) is 0.312. The van der Waals surface area contributed by atoms with E-state index in [0.29, 0.717) is 26.9 Å². The second-order valence-electron chi connectivity index (χ2n) is 5.11. The van der Waals surface area contributed by atoms with Gasteiger partial charge in [-0.15, -0.1) is 0 Å². The summed E-state index contributed by atoms with van der Waals surface area (Å²) in [6.07, 6.45) is 0. The SMILES string of the molecule is COOCC1=C(C)NC(C)=C(C(=O)[O-])C1c1cccc(Cl)c1Cl. The molecule has 1 unspecified atom stereocenters. The second kappa shape index (κ2) is 7.36. The van der Waals surface area contributed by atoms with E-state index in [2.05, 4.69) is 10.2 Å². The van der Waals surface area contributed by atoms with Gasteiger partial charge in [0.15, 0.2) is 0 Å². The molecule has 1 atom stereocenters. The van der Waals surface area contributed by atoms with Crippen molar-refractivity contribution in [3.63, 3.8) is 0 Å². The van der Waals surface area contributed by atoms with Crippen molar-refractivity contribution in [2.45, 2.75) is 19.8 Å². The summed E-state index contributed by atoms with van der Waals surface area (Å²) in [5.41, 5.74) is 2.61. The van der Waals surface area contributed by atoms with Crippen molar-refractivity contribution in [3.05, 3.63) is 56.3 Å². The van der Waals surface area contributed by atoms with Crippen molar-refractivity contribution < 1.29 is 19.7 Å². The smallest absolute Gasteiger partial charge is 0.106 e. The molecule has 124 valence electrons. The number of hydrogen-bond donors (Lipinski definition) is 1. The first-order valence-corrected chi connectivity index (χ1v) is 7.62. The van der Waals surface area contributed by atoms with Crippen LogP contribution in [0.5, 0.6) is 0 Å². The Balaban J connectivity index is 2.64. The maximum Gasteiger partial charge on any atom is 0.106 e. The number of allylic oxidation sites excluding steroid dienone is 2. The molecular formula is C16H16Cl2NO4-. The Bertz CT molecular complexity index is 697. The Morgan fingerprint density at radius 2 is 2.00 bits per heavy atom. The van der Waals surface area contributed by atoms with E-state index >= 15 is 0 Å². The summed E-state index contributed by atoms with van der Waals surface area (Å²) in [6.45, 7) is 3.58. The molecule has 1 N–H and O–H groups in total. The molecule has 2 rings (SSSR count). The van der Waals surface area contributed by atoms with Gasteiger partial charge in [0.05, 0.1) is 23.1 Å². The second-order valence-corrected chi connectivity index (χ2v) is 5.89. The molecule has 1 aliphatic rings. The number of dihydropyridines is 1. The molecule has 1 aliphatic heterocycles. The molecule has 23 heavy (non-hydrogen) atoms. The minimum absolute atomic E-state index is 0.0763. The predicted molar refractivity (Wildman–Crippen MR) is 85.7 cm³/mol. The molecule has 0 aliphatic carbocycles. The number of carboxylic acids is 1. The molecule has 0 radical (unpaired) electrons. The van der Waals surface area contributed by atoms with Crippen LogP contribution in [0.15, 0.2) is 40.7 Å². The monoisotopic (exact) mass is 356 g/mol. The standard InChI is InChI=1S/C16H17Cl2NO4/c1-8-11(7-23-22-3)14(13(16(20)21)9(2)19-8)10-5-4-6-12(17)15(10)18/h4-6,14,19H,7H2,1-3H3,(H,20,21)/p-1. The zero-order chi connectivity index (χ0) is 17.1. The van der Waals surface area contributed by atoms with E-state index in [1.165, 1.54) is 7.11 Å². The average molecular weight is 357 g/mol. The lowest BCUT2D eigenvalue weighted by Gasteiger charge is -2.33. The lowest BCUT2D eigenvalue weighted by atomic mass is 9.81. The first kappa shape index (κ1) is 17.8. The fourth-order valence-electron chi connectivity index (χ4n) is 2.71. The van der Waals surface area contributed by atoms with Crippen LogP contribution in [0.4, 0.5) is 0 Å². The minimum atomic E-state index is -1.28. The number of carbonyl (C=O) groups is 1. The van der Waals surface area contributed by atoms with Crippen LogP contribution in [0, 0.1) is 0 Å². The van der Waals surface area contributed by atoms with Gasteiger partial charge in [0.25, 0.3) is 0 Å². The number of nitrogens with one attached hydrogen (secondary N) is 1. The highest BCUT2D eigenvalue weighted by Gasteiger charge is 2.31. The van der Waals surface area contributed by atoms with Crippen LogP contribution in [0.2, 0.25) is 10.0 Å². The van der Waals surface area contributed by atoms with Gasteiger partial charge in [0, 0.05) is 22.9 Å². The normalized spacial score (nSPS) is 18.2. The van der Waals surface area contributed by atoms with E-state index in [1.54, 1.807) is 25.1 Å². The zero-order valence-corrected chi connectivity index (χ0v) is 14.4. The molecule has 1 aromatic rings. The van der Waals surface area contributed by atoms with Crippen LogP contribution in [-0.2, 0) is 14.6 Å². The van der Waals surface area contributed by atoms with Gasteiger partial charge in [-0.1, -0.05) is 35.3 Å². The molecule has 0 aromatic heterocycles. The molecule has 1 heterocycles. The lowest BCUT2D eigenvalue weighted by molar-refractivity contribution is -0.299. The van der Waals surface area contributed by atoms with Crippen molar-refractivity contribution in [1.29, 1.82) is 0 Å². The van der Waals surface area contributed by atoms with Gasteiger partial charge in [-0.3, -0.25) is 0 Å². The quantitative estimate of drug-likeness (QED) is 0.648. The van der Waals surface area contributed by atoms with E-state index < -0.39 is 11.9 Å². The number of halogens is 2. The third-order valence-electron chi connectivity index (χ3n) is 3.74. The molecule has 0 spiro atoms. The largest absolute Gasteiger partial charge is 0.545 e. The summed E-state index contributed by atoms with van der Waals surface area (Å²) in [5.74, 6) is -1.92. The Morgan fingerprint density at radius 1 is 1.30 bits per heavy atom. The fourth-order valence-corrected chi connectivity index (χ4v) is 3.12. The van der Waals surface area contributed by atoms with Gasteiger partial charge in [0.2, 0.25) is 0 Å². The van der Waals surface area contributed by atoms with Gasteiger partial charge >= 0.3 is 0 Å². The average Bonchev–Trinajstić information content (AvgIpc) is 2.48. The number of carbonyl (C=O) groups excluding carboxylic acids is 1. The third-order valence-corrected chi connectivity index (χ3v) is 4.58. The molecule has 0 bridgehead atoms. The Labute approximate surface area is 144 Å². The molecule has 7 heteroatoms. The molecular weight excluding hydrogens is 341 g/mol. The maximum absolute atomic E-state index is 11.7. The van der Waals surface area contributed by atoms with Crippen LogP contribution in [0.3, 0.4) is 0 Å². The summed E-state index contributed by atoms with van der Waals surface area (Å²) >= 11 is 12.4. The first-order chi connectivity index (χ1) is 10.9. The number of hydrogen-bond acceptors (Lipinski definition) is 5. The van der Waals surface area contributed by atoms with Crippen LogP contribution >= 0.6 is 23.2 Å². The highest BCUT2D eigenvalue weighted by Crippen LogP contribution is 2.42. The van der Waals surface area contributed by atoms with Crippen LogP contribution in [0.1, 0.15) is 25.3 Å². The highest BCUT2D eigenvalue weighted by molar-refractivity contribution is 6.42. The van der Waals surface area contributed by atoms with Crippen molar-refractivity contribution in [3.8, 4) is 0 Å². The van der Waals surface area contributed by atoms with E-state index in [9.17, 15) is 9.90 Å². The third kappa shape index (κ3) is 3.53. The van der Waals surface area contributed by atoms with E-state index in [-0.39, 0.29) is 12.2 Å². The lowest BCUT2D eigenvalue weighted by Crippen LogP contribution is -2.36. The van der Waals surface area contributed by atoms with Crippen molar-refractivity contribution in [2.24, 2.45) is 0 Å². The summed E-state index contributed by atoms with van der Waals surface area (Å²) in [6, 6.07) is 5.10. The molecule has 0 amide bonds. The molecule has 0 saturated heterocycles. The Morgan fingerprint density at radius 3 is 2.61 bits per heavy atom. The Kier molecular flexibility index (Phi) is 5.70. The summed E-state index contributed by atoms with van der Waals surface area (Å²) in [7, 11) is 1.38. The molecule has 5 nitrogen and oxygen atoms in total. The molecule has 0 fully saturated rings. The maximum atomic E-state index is 11.7. The summed E-state index contributed by atoms with van der Waals surface area (Å²) in [5, 5.41) is 15.4. The molecule has 0 saturated carbocycles. The van der Waals surface area contributed by atoms with Gasteiger partial charge in [-0.2, -0.15) is 0 Å². The van der Waals surface area contributed by atoms with E-state index in [0.717, 1.165) is 5.70 Å². The van der Waals surface area contributed by atoms with Crippen LogP contribution in [-0.4, -0.2) is 19.7 Å². The van der Waals surface area contributed by atoms with Gasteiger partial charge in [-0.25, -0.2) is 9.78 Å². The van der Waals surface area contributed by atoms with Crippen LogP contribution in [0.25, 0.3) is 0 Å². The Hall–Kier alpha value is -1.53. The number of rotatable bonds is 5.